The highest BCUT2D eigenvalue weighted by Gasteiger charge is 2.05. The molecule has 1 aromatic heterocycles. The molecule has 5 nitrogen and oxygen atoms in total. The lowest BCUT2D eigenvalue weighted by Crippen LogP contribution is -2.03. The van der Waals surface area contributed by atoms with E-state index in [0.29, 0.717) is 16.8 Å². The molecule has 6 heteroatoms. The molecule has 3 rings (SSSR count). The van der Waals surface area contributed by atoms with Crippen LogP contribution in [0.5, 0.6) is 0 Å². The van der Waals surface area contributed by atoms with Crippen molar-refractivity contribution in [3.8, 4) is 0 Å². The molecular formula is C18H18ClN5. The van der Waals surface area contributed by atoms with Crippen LogP contribution in [0.3, 0.4) is 0 Å². The molecule has 3 aromatic rings. The summed E-state index contributed by atoms with van der Waals surface area (Å²) in [6.45, 7) is 4.13. The number of hydrogen-bond donors (Lipinski definition) is 2. The highest BCUT2D eigenvalue weighted by atomic mass is 35.5. The molecule has 122 valence electrons. The van der Waals surface area contributed by atoms with Gasteiger partial charge in [-0.1, -0.05) is 36.7 Å². The monoisotopic (exact) mass is 339 g/mol. The van der Waals surface area contributed by atoms with E-state index in [1.54, 1.807) is 6.20 Å². The van der Waals surface area contributed by atoms with E-state index in [4.69, 9.17) is 11.6 Å². The van der Waals surface area contributed by atoms with Gasteiger partial charge in [0.05, 0.1) is 6.20 Å². The van der Waals surface area contributed by atoms with Crippen molar-refractivity contribution in [2.75, 3.05) is 10.6 Å². The third-order valence-electron chi connectivity index (χ3n) is 3.64. The quantitative estimate of drug-likeness (QED) is 0.693. The fourth-order valence-electron chi connectivity index (χ4n) is 2.24. The van der Waals surface area contributed by atoms with E-state index < -0.39 is 0 Å². The standard InChI is InChI=1S/C18H18ClN5/c1-3-13-5-8-15(9-6-13)21-18-23-17(11-20-24-18)22-16-10-14(19)7-4-12(16)2/h4-11H,3H2,1-2H3,(H2,21,22,23,24). The summed E-state index contributed by atoms with van der Waals surface area (Å²) in [6.07, 6.45) is 2.59. The third kappa shape index (κ3) is 4.00. The molecular weight excluding hydrogens is 322 g/mol. The molecule has 0 saturated carbocycles. The van der Waals surface area contributed by atoms with Crippen LogP contribution in [-0.4, -0.2) is 15.2 Å². The van der Waals surface area contributed by atoms with E-state index in [1.165, 1.54) is 5.56 Å². The molecule has 0 aliphatic heterocycles. The minimum atomic E-state index is 0.434. The van der Waals surface area contributed by atoms with Crippen molar-refractivity contribution in [1.82, 2.24) is 15.2 Å². The van der Waals surface area contributed by atoms with Gasteiger partial charge < -0.3 is 10.6 Å². The summed E-state index contributed by atoms with van der Waals surface area (Å²) in [4.78, 5) is 4.44. The van der Waals surface area contributed by atoms with E-state index >= 15 is 0 Å². The number of hydrogen-bond acceptors (Lipinski definition) is 5. The number of nitrogens with one attached hydrogen (secondary N) is 2. The smallest absolute Gasteiger partial charge is 0.249 e. The van der Waals surface area contributed by atoms with Gasteiger partial charge in [0.25, 0.3) is 0 Å². The normalized spacial score (nSPS) is 10.5. The molecule has 0 spiro atoms. The maximum absolute atomic E-state index is 6.05. The van der Waals surface area contributed by atoms with Gasteiger partial charge in [-0.3, -0.25) is 0 Å². The van der Waals surface area contributed by atoms with Crippen LogP contribution < -0.4 is 10.6 Å². The summed E-state index contributed by atoms with van der Waals surface area (Å²) < 4.78 is 0. The molecule has 0 bridgehead atoms. The lowest BCUT2D eigenvalue weighted by Gasteiger charge is -2.10. The average Bonchev–Trinajstić information content (AvgIpc) is 2.59. The third-order valence-corrected chi connectivity index (χ3v) is 3.87. The van der Waals surface area contributed by atoms with Crippen molar-refractivity contribution < 1.29 is 0 Å². The Morgan fingerprint density at radius 1 is 1.04 bits per heavy atom. The topological polar surface area (TPSA) is 62.7 Å². The Kier molecular flexibility index (Phi) is 4.91. The molecule has 0 saturated heterocycles. The zero-order chi connectivity index (χ0) is 16.9. The second-order valence-corrected chi connectivity index (χ2v) is 5.86. The first-order valence-electron chi connectivity index (χ1n) is 7.73. The Balaban J connectivity index is 1.77. The number of anilines is 4. The molecule has 0 aliphatic rings. The maximum atomic E-state index is 6.05. The summed E-state index contributed by atoms with van der Waals surface area (Å²) in [5, 5.41) is 15.1. The summed E-state index contributed by atoms with van der Waals surface area (Å²) in [6, 6.07) is 13.8. The first-order valence-corrected chi connectivity index (χ1v) is 8.10. The van der Waals surface area contributed by atoms with E-state index in [9.17, 15) is 0 Å². The predicted molar refractivity (Wildman–Crippen MR) is 98.4 cm³/mol. The van der Waals surface area contributed by atoms with E-state index in [0.717, 1.165) is 23.4 Å². The zero-order valence-corrected chi connectivity index (χ0v) is 14.3. The van der Waals surface area contributed by atoms with Crippen molar-refractivity contribution >= 4 is 34.7 Å². The molecule has 2 N–H and O–H groups in total. The molecule has 0 radical (unpaired) electrons. The summed E-state index contributed by atoms with van der Waals surface area (Å²) >= 11 is 6.05. The molecule has 0 aliphatic carbocycles. The number of aryl methyl sites for hydroxylation is 2. The van der Waals surface area contributed by atoms with Gasteiger partial charge in [0.1, 0.15) is 0 Å². The molecule has 24 heavy (non-hydrogen) atoms. The number of rotatable bonds is 5. The van der Waals surface area contributed by atoms with Gasteiger partial charge in [-0.05, 0) is 48.7 Å². The van der Waals surface area contributed by atoms with Crippen molar-refractivity contribution in [3.05, 3.63) is 64.8 Å². The van der Waals surface area contributed by atoms with Crippen LogP contribution in [0.2, 0.25) is 5.02 Å². The molecule has 0 amide bonds. The van der Waals surface area contributed by atoms with Crippen LogP contribution in [-0.2, 0) is 6.42 Å². The van der Waals surface area contributed by atoms with Crippen LogP contribution in [0.1, 0.15) is 18.1 Å². The minimum absolute atomic E-state index is 0.434. The highest BCUT2D eigenvalue weighted by Crippen LogP contribution is 2.23. The number of halogens is 1. The van der Waals surface area contributed by atoms with Crippen LogP contribution in [0.15, 0.2) is 48.7 Å². The lowest BCUT2D eigenvalue weighted by atomic mass is 10.1. The van der Waals surface area contributed by atoms with Gasteiger partial charge in [-0.25, -0.2) is 0 Å². The van der Waals surface area contributed by atoms with Crippen molar-refractivity contribution in [1.29, 1.82) is 0 Å². The number of aromatic nitrogens is 3. The second-order valence-electron chi connectivity index (χ2n) is 5.42. The molecule has 0 unspecified atom stereocenters. The summed E-state index contributed by atoms with van der Waals surface area (Å²) in [5.41, 5.74) is 4.17. The van der Waals surface area contributed by atoms with Gasteiger partial charge in [0.15, 0.2) is 5.82 Å². The highest BCUT2D eigenvalue weighted by molar-refractivity contribution is 6.30. The maximum Gasteiger partial charge on any atom is 0.249 e. The van der Waals surface area contributed by atoms with Crippen LogP contribution >= 0.6 is 11.6 Å². The Bertz CT molecular complexity index is 833. The van der Waals surface area contributed by atoms with Crippen LogP contribution in [0.25, 0.3) is 0 Å². The Hall–Kier alpha value is -2.66. The first-order chi connectivity index (χ1) is 11.6. The van der Waals surface area contributed by atoms with Crippen LogP contribution in [0.4, 0.5) is 23.1 Å². The van der Waals surface area contributed by atoms with Gasteiger partial charge in [0.2, 0.25) is 5.95 Å². The van der Waals surface area contributed by atoms with Gasteiger partial charge in [0, 0.05) is 16.4 Å². The van der Waals surface area contributed by atoms with Crippen molar-refractivity contribution in [2.45, 2.75) is 20.3 Å². The number of nitrogens with zero attached hydrogens (tertiary/aromatic N) is 3. The predicted octanol–water partition coefficient (Wildman–Crippen LogP) is 4.88. The Morgan fingerprint density at radius 3 is 2.58 bits per heavy atom. The average molecular weight is 340 g/mol. The lowest BCUT2D eigenvalue weighted by molar-refractivity contribution is 0.982. The number of benzene rings is 2. The summed E-state index contributed by atoms with van der Waals surface area (Å²) in [7, 11) is 0. The van der Waals surface area contributed by atoms with Crippen molar-refractivity contribution in [2.24, 2.45) is 0 Å². The van der Waals surface area contributed by atoms with Crippen LogP contribution in [0, 0.1) is 6.92 Å². The van der Waals surface area contributed by atoms with E-state index in [1.807, 2.05) is 37.3 Å². The Labute approximate surface area is 146 Å². The fraction of sp³-hybridized carbons (Fsp3) is 0.167. The molecule has 0 fully saturated rings. The molecule has 2 aromatic carbocycles. The summed E-state index contributed by atoms with van der Waals surface area (Å²) in [5.74, 6) is 1.03. The van der Waals surface area contributed by atoms with Gasteiger partial charge in [-0.15, -0.1) is 5.10 Å². The Morgan fingerprint density at radius 2 is 1.83 bits per heavy atom. The van der Waals surface area contributed by atoms with E-state index in [-0.39, 0.29) is 0 Å². The van der Waals surface area contributed by atoms with E-state index in [2.05, 4.69) is 44.9 Å². The second kappa shape index (κ2) is 7.27. The zero-order valence-electron chi connectivity index (χ0n) is 13.5. The fourth-order valence-corrected chi connectivity index (χ4v) is 2.41. The molecule has 0 atom stereocenters. The SMILES string of the molecule is CCc1ccc(Nc2nncc(Nc3cc(Cl)ccc3C)n2)cc1. The van der Waals surface area contributed by atoms with Gasteiger partial charge >= 0.3 is 0 Å². The largest absolute Gasteiger partial charge is 0.339 e. The minimum Gasteiger partial charge on any atom is -0.339 e. The van der Waals surface area contributed by atoms with Gasteiger partial charge in [-0.2, -0.15) is 10.1 Å². The first kappa shape index (κ1) is 16.2. The van der Waals surface area contributed by atoms with Crippen molar-refractivity contribution in [3.63, 3.8) is 0 Å². The molecule has 1 heterocycles.